The van der Waals surface area contributed by atoms with Crippen molar-refractivity contribution in [2.24, 2.45) is 5.41 Å². The Balaban J connectivity index is 1.52. The van der Waals surface area contributed by atoms with Crippen LogP contribution in [0.5, 0.6) is 0 Å². The third-order valence-electron chi connectivity index (χ3n) is 5.35. The second-order valence-corrected chi connectivity index (χ2v) is 12.7. The highest BCUT2D eigenvalue weighted by Crippen LogP contribution is 2.38. The SMILES string of the molecule is CC(C)(C)CC(=O)Nc1cccc(SC(C(=O)Nc2nc(-c3ccc(Cl)c(Cl)c3)cs2)c2ccccc2)c1. The summed E-state index contributed by atoms with van der Waals surface area (Å²) in [6.45, 7) is 6.08. The molecule has 3 aromatic carbocycles. The number of amides is 2. The number of hydrogen-bond acceptors (Lipinski definition) is 5. The summed E-state index contributed by atoms with van der Waals surface area (Å²) in [5.74, 6) is -0.239. The smallest absolute Gasteiger partial charge is 0.244 e. The Labute approximate surface area is 241 Å². The van der Waals surface area contributed by atoms with Gasteiger partial charge in [0.1, 0.15) is 5.25 Å². The van der Waals surface area contributed by atoms with Gasteiger partial charge in [-0.05, 0) is 41.3 Å². The van der Waals surface area contributed by atoms with Gasteiger partial charge in [-0.1, -0.05) is 86.4 Å². The molecular weight excluding hydrogens is 557 g/mol. The molecule has 1 unspecified atom stereocenters. The lowest BCUT2D eigenvalue weighted by molar-refractivity contribution is -0.118. The van der Waals surface area contributed by atoms with Gasteiger partial charge < -0.3 is 10.6 Å². The molecule has 0 aliphatic heterocycles. The standard InChI is InChI=1S/C29H27Cl2N3O2S2/c1-29(2,3)16-25(35)32-20-10-7-11-21(15-20)38-26(18-8-5-4-6-9-18)27(36)34-28-33-24(17-37-28)19-12-13-22(30)23(31)14-19/h4-15,17,26H,16H2,1-3H3,(H,32,35)(H,33,34,36). The molecule has 1 atom stereocenters. The van der Waals surface area contributed by atoms with E-state index in [1.165, 1.54) is 23.1 Å². The molecular formula is C29H27Cl2N3O2S2. The van der Waals surface area contributed by atoms with Crippen LogP contribution in [0.3, 0.4) is 0 Å². The van der Waals surface area contributed by atoms with Crippen LogP contribution in [0.15, 0.2) is 83.1 Å². The number of thioether (sulfide) groups is 1. The molecule has 5 nitrogen and oxygen atoms in total. The van der Waals surface area contributed by atoms with Crippen molar-refractivity contribution >= 4 is 68.9 Å². The zero-order valence-electron chi connectivity index (χ0n) is 21.1. The van der Waals surface area contributed by atoms with E-state index < -0.39 is 5.25 Å². The van der Waals surface area contributed by atoms with E-state index in [2.05, 4.69) is 15.6 Å². The van der Waals surface area contributed by atoms with Crippen molar-refractivity contribution in [3.05, 3.63) is 93.8 Å². The van der Waals surface area contributed by atoms with Gasteiger partial charge in [-0.25, -0.2) is 4.98 Å². The number of carbonyl (C=O) groups is 2. The molecule has 2 amide bonds. The van der Waals surface area contributed by atoms with Gasteiger partial charge in [0.05, 0.1) is 15.7 Å². The topological polar surface area (TPSA) is 71.1 Å². The van der Waals surface area contributed by atoms with Gasteiger partial charge in [0.15, 0.2) is 5.13 Å². The number of rotatable bonds is 8. The summed E-state index contributed by atoms with van der Waals surface area (Å²) in [6.07, 6.45) is 0.414. The van der Waals surface area contributed by atoms with Gasteiger partial charge >= 0.3 is 0 Å². The van der Waals surface area contributed by atoms with Crippen LogP contribution in [0.25, 0.3) is 11.3 Å². The van der Waals surface area contributed by atoms with E-state index in [0.29, 0.717) is 33.0 Å². The van der Waals surface area contributed by atoms with Gasteiger partial charge in [0, 0.05) is 27.9 Å². The third-order valence-corrected chi connectivity index (χ3v) is 8.10. The maximum absolute atomic E-state index is 13.5. The lowest BCUT2D eigenvalue weighted by atomic mass is 9.92. The van der Waals surface area contributed by atoms with Crippen LogP contribution < -0.4 is 10.6 Å². The van der Waals surface area contributed by atoms with Crippen LogP contribution in [0.1, 0.15) is 38.0 Å². The summed E-state index contributed by atoms with van der Waals surface area (Å²) >= 11 is 14.9. The van der Waals surface area contributed by atoms with Crippen LogP contribution >= 0.6 is 46.3 Å². The van der Waals surface area contributed by atoms with Crippen molar-refractivity contribution in [1.29, 1.82) is 0 Å². The minimum atomic E-state index is -0.533. The van der Waals surface area contributed by atoms with Gasteiger partial charge in [0.2, 0.25) is 11.8 Å². The van der Waals surface area contributed by atoms with Crippen molar-refractivity contribution in [2.45, 2.75) is 37.3 Å². The number of aromatic nitrogens is 1. The second kappa shape index (κ2) is 12.3. The fourth-order valence-electron chi connectivity index (χ4n) is 3.66. The highest BCUT2D eigenvalue weighted by Gasteiger charge is 2.24. The molecule has 0 aliphatic carbocycles. The number of halogens is 2. The van der Waals surface area contributed by atoms with Crippen LogP contribution in [0.4, 0.5) is 10.8 Å². The number of benzene rings is 3. The fraction of sp³-hybridized carbons (Fsp3) is 0.207. The summed E-state index contributed by atoms with van der Waals surface area (Å²) in [4.78, 5) is 31.4. The summed E-state index contributed by atoms with van der Waals surface area (Å²) in [5.41, 5.74) is 2.96. The number of thiazole rings is 1. The van der Waals surface area contributed by atoms with Crippen molar-refractivity contribution in [3.8, 4) is 11.3 Å². The first kappa shape index (κ1) is 28.2. The molecule has 1 heterocycles. The average Bonchev–Trinajstić information content (AvgIpc) is 3.32. The fourth-order valence-corrected chi connectivity index (χ4v) is 5.77. The Morgan fingerprint density at radius 2 is 1.71 bits per heavy atom. The molecule has 9 heteroatoms. The molecule has 4 aromatic rings. The van der Waals surface area contributed by atoms with Gasteiger partial charge in [-0.15, -0.1) is 23.1 Å². The van der Waals surface area contributed by atoms with E-state index in [1.54, 1.807) is 12.1 Å². The van der Waals surface area contributed by atoms with Crippen LogP contribution in [-0.4, -0.2) is 16.8 Å². The second-order valence-electron chi connectivity index (χ2n) is 9.88. The first-order valence-electron chi connectivity index (χ1n) is 11.9. The quantitative estimate of drug-likeness (QED) is 0.203. The molecule has 1 aromatic heterocycles. The van der Waals surface area contributed by atoms with Crippen LogP contribution in [0.2, 0.25) is 10.0 Å². The van der Waals surface area contributed by atoms with E-state index in [-0.39, 0.29) is 17.2 Å². The Hall–Kier alpha value is -2.84. The minimum Gasteiger partial charge on any atom is -0.326 e. The Kier molecular flexibility index (Phi) is 9.15. The molecule has 0 bridgehead atoms. The highest BCUT2D eigenvalue weighted by atomic mass is 35.5. The number of hydrogen-bond donors (Lipinski definition) is 2. The number of carbonyl (C=O) groups excluding carboxylic acids is 2. The summed E-state index contributed by atoms with van der Waals surface area (Å²) < 4.78 is 0. The maximum atomic E-state index is 13.5. The molecule has 0 saturated heterocycles. The Bertz CT molecular complexity index is 1440. The molecule has 2 N–H and O–H groups in total. The molecule has 4 rings (SSSR count). The predicted molar refractivity (Wildman–Crippen MR) is 160 cm³/mol. The first-order chi connectivity index (χ1) is 18.1. The van der Waals surface area contributed by atoms with Crippen molar-refractivity contribution < 1.29 is 9.59 Å². The van der Waals surface area contributed by atoms with Crippen molar-refractivity contribution in [1.82, 2.24) is 4.98 Å². The number of nitrogens with zero attached hydrogens (tertiary/aromatic N) is 1. The average molecular weight is 585 g/mol. The molecule has 0 radical (unpaired) electrons. The van der Waals surface area contributed by atoms with E-state index in [1.807, 2.05) is 86.8 Å². The molecule has 0 aliphatic rings. The van der Waals surface area contributed by atoms with Crippen LogP contribution in [0, 0.1) is 5.41 Å². The summed E-state index contributed by atoms with van der Waals surface area (Å²) in [6, 6.07) is 22.4. The number of nitrogens with one attached hydrogen (secondary N) is 2. The summed E-state index contributed by atoms with van der Waals surface area (Å²) in [5, 5.41) is 8.67. The van der Waals surface area contributed by atoms with Crippen LogP contribution in [-0.2, 0) is 9.59 Å². The van der Waals surface area contributed by atoms with Gasteiger partial charge in [0.25, 0.3) is 0 Å². The van der Waals surface area contributed by atoms with E-state index in [0.717, 1.165) is 16.0 Å². The molecule has 0 fully saturated rings. The first-order valence-corrected chi connectivity index (χ1v) is 14.4. The van der Waals surface area contributed by atoms with E-state index in [4.69, 9.17) is 23.2 Å². The van der Waals surface area contributed by atoms with E-state index >= 15 is 0 Å². The van der Waals surface area contributed by atoms with Gasteiger partial charge in [-0.2, -0.15) is 0 Å². The number of anilines is 2. The Morgan fingerprint density at radius 1 is 0.947 bits per heavy atom. The maximum Gasteiger partial charge on any atom is 0.244 e. The van der Waals surface area contributed by atoms with Gasteiger partial charge in [-0.3, -0.25) is 9.59 Å². The van der Waals surface area contributed by atoms with Crippen molar-refractivity contribution in [3.63, 3.8) is 0 Å². The molecule has 0 spiro atoms. The van der Waals surface area contributed by atoms with Crippen molar-refractivity contribution in [2.75, 3.05) is 10.6 Å². The predicted octanol–water partition coefficient (Wildman–Crippen LogP) is 8.96. The molecule has 0 saturated carbocycles. The van der Waals surface area contributed by atoms with E-state index in [9.17, 15) is 9.59 Å². The normalized spacial score (nSPS) is 12.1. The monoisotopic (exact) mass is 583 g/mol. The zero-order valence-corrected chi connectivity index (χ0v) is 24.3. The lowest BCUT2D eigenvalue weighted by Gasteiger charge is -2.18. The molecule has 196 valence electrons. The Morgan fingerprint density at radius 3 is 2.42 bits per heavy atom. The summed E-state index contributed by atoms with van der Waals surface area (Å²) in [7, 11) is 0. The molecule has 38 heavy (non-hydrogen) atoms. The third kappa shape index (κ3) is 7.84. The zero-order chi connectivity index (χ0) is 27.3. The largest absolute Gasteiger partial charge is 0.326 e. The highest BCUT2D eigenvalue weighted by molar-refractivity contribution is 8.00. The minimum absolute atomic E-state index is 0.0430. The lowest BCUT2D eigenvalue weighted by Crippen LogP contribution is -2.20.